The summed E-state index contributed by atoms with van der Waals surface area (Å²) >= 11 is 0. The number of hydrogen-bond donors (Lipinski definition) is 2. The van der Waals surface area contributed by atoms with E-state index < -0.39 is 30.3 Å². The smallest absolute Gasteiger partial charge is 0.407 e. The lowest BCUT2D eigenvalue weighted by Gasteiger charge is -2.38. The van der Waals surface area contributed by atoms with Gasteiger partial charge < -0.3 is 25.0 Å². The van der Waals surface area contributed by atoms with E-state index in [1.165, 1.54) is 0 Å². The number of fused-ring (bicyclic) bond motifs is 1. The van der Waals surface area contributed by atoms with Gasteiger partial charge in [-0.3, -0.25) is 9.78 Å². The molecule has 0 aromatic carbocycles. The third-order valence-electron chi connectivity index (χ3n) is 5.78. The number of alkyl halides is 1. The first-order chi connectivity index (χ1) is 15.3. The zero-order chi connectivity index (χ0) is 22.9. The molecular weight excluding hydrogens is 419 g/mol. The number of carbonyl (C=O) groups excluding carboxylic acids is 1. The monoisotopic (exact) mass is 442 g/mol. The molecule has 0 radical (unpaired) electrons. The molecule has 0 bridgehead atoms. The highest BCUT2D eigenvalue weighted by molar-refractivity contribution is 5.93. The molecule has 2 aliphatic rings. The quantitative estimate of drug-likeness (QED) is 0.724. The highest BCUT2D eigenvalue weighted by Crippen LogP contribution is 2.29. The van der Waals surface area contributed by atoms with Gasteiger partial charge in [0.15, 0.2) is 5.69 Å². The standard InChI is InChI=1S/C21H23FN6O4/c1-13-10-28(17-9-25-16(7-23)18-15(17)3-2-5-24-18)11-14(32-13)8-26-19(29)21(22)4-6-27(12-21)20(30)31/h2-3,5,9,13-14H,4,6,8,10-12H2,1H3,(H,26,29)(H,30,31)/t13-,14+,21-/m1/s1. The van der Waals surface area contributed by atoms with Crippen molar-refractivity contribution in [2.75, 3.05) is 37.6 Å². The summed E-state index contributed by atoms with van der Waals surface area (Å²) in [6.45, 7) is 2.48. The number of ether oxygens (including phenoxy) is 1. The van der Waals surface area contributed by atoms with Crippen molar-refractivity contribution in [3.8, 4) is 6.07 Å². The Hall–Kier alpha value is -3.52. The van der Waals surface area contributed by atoms with Crippen LogP contribution in [-0.4, -0.2) is 82.6 Å². The summed E-state index contributed by atoms with van der Waals surface area (Å²) in [6.07, 6.45) is 1.25. The average molecular weight is 442 g/mol. The van der Waals surface area contributed by atoms with E-state index in [1.807, 2.05) is 13.0 Å². The van der Waals surface area contributed by atoms with Crippen molar-refractivity contribution in [2.24, 2.45) is 0 Å². The highest BCUT2D eigenvalue weighted by Gasteiger charge is 2.47. The van der Waals surface area contributed by atoms with Crippen LogP contribution in [0.15, 0.2) is 24.5 Å². The number of pyridine rings is 2. The van der Waals surface area contributed by atoms with Crippen LogP contribution in [0.3, 0.4) is 0 Å². The lowest BCUT2D eigenvalue weighted by Crippen LogP contribution is -2.53. The maximum atomic E-state index is 14.9. The molecule has 2 aromatic rings. The van der Waals surface area contributed by atoms with E-state index in [0.29, 0.717) is 18.6 Å². The Balaban J connectivity index is 1.46. The zero-order valence-electron chi connectivity index (χ0n) is 17.5. The van der Waals surface area contributed by atoms with Crippen LogP contribution in [0.2, 0.25) is 0 Å². The van der Waals surface area contributed by atoms with Crippen molar-refractivity contribution in [3.63, 3.8) is 0 Å². The second-order valence-electron chi connectivity index (χ2n) is 8.11. The number of nitriles is 1. The predicted octanol–water partition coefficient (Wildman–Crippen LogP) is 1.30. The van der Waals surface area contributed by atoms with Crippen molar-refractivity contribution in [3.05, 3.63) is 30.2 Å². The van der Waals surface area contributed by atoms with Crippen molar-refractivity contribution < 1.29 is 23.8 Å². The molecule has 4 heterocycles. The Bertz CT molecular complexity index is 1090. The number of morpholine rings is 1. The Morgan fingerprint density at radius 3 is 2.97 bits per heavy atom. The molecule has 0 unspecified atom stereocenters. The minimum absolute atomic E-state index is 0.0171. The van der Waals surface area contributed by atoms with Gasteiger partial charge >= 0.3 is 6.09 Å². The molecule has 0 spiro atoms. The first-order valence-corrected chi connectivity index (χ1v) is 10.3. The summed E-state index contributed by atoms with van der Waals surface area (Å²) in [5, 5.41) is 21.7. The van der Waals surface area contributed by atoms with Gasteiger partial charge in [-0.05, 0) is 19.1 Å². The maximum absolute atomic E-state index is 14.9. The number of carbonyl (C=O) groups is 2. The Kier molecular flexibility index (Phi) is 5.80. The van der Waals surface area contributed by atoms with Gasteiger partial charge in [0.1, 0.15) is 11.6 Å². The fourth-order valence-electron chi connectivity index (χ4n) is 4.23. The molecule has 2 aliphatic heterocycles. The van der Waals surface area contributed by atoms with Crippen molar-refractivity contribution in [1.29, 1.82) is 5.26 Å². The number of aromatic nitrogens is 2. The number of hydrogen-bond acceptors (Lipinski definition) is 7. The Labute approximate surface area is 183 Å². The number of nitrogens with zero attached hydrogens (tertiary/aromatic N) is 5. The van der Waals surface area contributed by atoms with Crippen LogP contribution < -0.4 is 10.2 Å². The van der Waals surface area contributed by atoms with Gasteiger partial charge in [-0.2, -0.15) is 5.26 Å². The van der Waals surface area contributed by atoms with E-state index in [1.54, 1.807) is 18.5 Å². The number of halogens is 1. The van der Waals surface area contributed by atoms with Crippen molar-refractivity contribution in [2.45, 2.75) is 31.2 Å². The number of amides is 2. The number of likely N-dealkylation sites (tertiary alicyclic amines) is 1. The Morgan fingerprint density at radius 1 is 1.44 bits per heavy atom. The molecule has 3 atom stereocenters. The SMILES string of the molecule is C[C@@H]1CN(c2cnc(C#N)c3ncccc23)C[C@H](CNC(=O)[C@@]2(F)CCN(C(=O)O)C2)O1. The summed E-state index contributed by atoms with van der Waals surface area (Å²) in [7, 11) is 0. The molecule has 2 amide bonds. The van der Waals surface area contributed by atoms with E-state index in [9.17, 15) is 19.2 Å². The predicted molar refractivity (Wildman–Crippen MR) is 112 cm³/mol. The first-order valence-electron chi connectivity index (χ1n) is 10.3. The molecule has 2 saturated heterocycles. The number of nitrogens with one attached hydrogen (secondary N) is 1. The van der Waals surface area contributed by atoms with Gasteiger partial charge in [-0.25, -0.2) is 14.2 Å². The third-order valence-corrected chi connectivity index (χ3v) is 5.78. The van der Waals surface area contributed by atoms with Gasteiger partial charge in [-0.1, -0.05) is 0 Å². The summed E-state index contributed by atoms with van der Waals surface area (Å²) in [6, 6.07) is 5.71. The molecule has 32 heavy (non-hydrogen) atoms. The zero-order valence-corrected chi connectivity index (χ0v) is 17.5. The van der Waals surface area contributed by atoms with E-state index in [4.69, 9.17) is 9.84 Å². The molecule has 11 heteroatoms. The van der Waals surface area contributed by atoms with Crippen LogP contribution in [0.5, 0.6) is 0 Å². The Morgan fingerprint density at radius 2 is 2.25 bits per heavy atom. The van der Waals surface area contributed by atoms with Gasteiger partial charge in [0, 0.05) is 44.2 Å². The normalized spacial score (nSPS) is 25.5. The molecule has 2 aromatic heterocycles. The fraction of sp³-hybridized carbons (Fsp3) is 0.476. The van der Waals surface area contributed by atoms with Gasteiger partial charge in [0.25, 0.3) is 5.91 Å². The fourth-order valence-corrected chi connectivity index (χ4v) is 4.23. The average Bonchev–Trinajstić information content (AvgIpc) is 3.20. The molecule has 168 valence electrons. The van der Waals surface area contributed by atoms with Gasteiger partial charge in [0.2, 0.25) is 5.67 Å². The second-order valence-corrected chi connectivity index (χ2v) is 8.11. The van der Waals surface area contributed by atoms with Gasteiger partial charge in [0.05, 0.1) is 30.6 Å². The van der Waals surface area contributed by atoms with E-state index >= 15 is 0 Å². The summed E-state index contributed by atoms with van der Waals surface area (Å²) in [5.74, 6) is -0.829. The highest BCUT2D eigenvalue weighted by atomic mass is 19.1. The molecule has 10 nitrogen and oxygen atoms in total. The van der Waals surface area contributed by atoms with Crippen LogP contribution in [0, 0.1) is 11.3 Å². The molecule has 4 rings (SSSR count). The second kappa shape index (κ2) is 8.55. The summed E-state index contributed by atoms with van der Waals surface area (Å²) in [5.41, 5.74) is -0.680. The van der Waals surface area contributed by atoms with Crippen LogP contribution in [0.25, 0.3) is 10.9 Å². The molecule has 2 N–H and O–H groups in total. The third kappa shape index (κ3) is 4.13. The van der Waals surface area contributed by atoms with Crippen LogP contribution >= 0.6 is 0 Å². The summed E-state index contributed by atoms with van der Waals surface area (Å²) < 4.78 is 20.9. The summed E-state index contributed by atoms with van der Waals surface area (Å²) in [4.78, 5) is 34.9. The van der Waals surface area contributed by atoms with Gasteiger partial charge in [-0.15, -0.1) is 0 Å². The van der Waals surface area contributed by atoms with Crippen LogP contribution in [0.4, 0.5) is 14.9 Å². The first kappa shape index (κ1) is 21.7. The largest absolute Gasteiger partial charge is 0.465 e. The molecule has 0 aliphatic carbocycles. The molecular formula is C21H23FN6O4. The minimum atomic E-state index is -2.24. The maximum Gasteiger partial charge on any atom is 0.407 e. The minimum Gasteiger partial charge on any atom is -0.465 e. The number of carboxylic acid groups (broad SMARTS) is 1. The van der Waals surface area contributed by atoms with Crippen LogP contribution in [-0.2, 0) is 9.53 Å². The van der Waals surface area contributed by atoms with Crippen LogP contribution in [0.1, 0.15) is 19.0 Å². The van der Waals surface area contributed by atoms with E-state index in [-0.39, 0.29) is 31.3 Å². The van der Waals surface area contributed by atoms with E-state index in [0.717, 1.165) is 16.0 Å². The lowest BCUT2D eigenvalue weighted by molar-refractivity contribution is -0.133. The molecule has 0 saturated carbocycles. The van der Waals surface area contributed by atoms with E-state index in [2.05, 4.69) is 26.3 Å². The van der Waals surface area contributed by atoms with Crippen molar-refractivity contribution in [1.82, 2.24) is 20.2 Å². The topological polar surface area (TPSA) is 132 Å². The lowest BCUT2D eigenvalue weighted by atomic mass is 10.0. The molecule has 2 fully saturated rings. The number of anilines is 1. The number of rotatable bonds is 4. The van der Waals surface area contributed by atoms with Crippen molar-refractivity contribution >= 4 is 28.6 Å².